The van der Waals surface area contributed by atoms with Crippen LogP contribution in [0.2, 0.25) is 0 Å². The molecule has 2 atom stereocenters. The van der Waals surface area contributed by atoms with Gasteiger partial charge in [0, 0.05) is 12.3 Å². The highest BCUT2D eigenvalue weighted by Gasteiger charge is 2.13. The SMILES string of the molecule is CC[C@@H](C=O)CC(=O)C(C)N. The number of nitrogens with two attached hydrogens (primary N) is 1. The molecular weight excluding hydrogens is 142 g/mol. The van der Waals surface area contributed by atoms with Crippen LogP contribution in [0.25, 0.3) is 0 Å². The van der Waals surface area contributed by atoms with Gasteiger partial charge in [-0.3, -0.25) is 4.79 Å². The Morgan fingerprint density at radius 1 is 1.64 bits per heavy atom. The lowest BCUT2D eigenvalue weighted by Crippen LogP contribution is -2.28. The fourth-order valence-electron chi connectivity index (χ4n) is 0.733. The maximum absolute atomic E-state index is 11.0. The zero-order chi connectivity index (χ0) is 8.85. The molecule has 1 unspecified atom stereocenters. The Morgan fingerprint density at radius 2 is 2.18 bits per heavy atom. The zero-order valence-corrected chi connectivity index (χ0v) is 7.04. The molecule has 0 saturated carbocycles. The summed E-state index contributed by atoms with van der Waals surface area (Å²) in [4.78, 5) is 21.3. The summed E-state index contributed by atoms with van der Waals surface area (Å²) in [5.41, 5.74) is 5.33. The molecule has 2 N–H and O–H groups in total. The van der Waals surface area contributed by atoms with Gasteiger partial charge in [0.05, 0.1) is 6.04 Å². The van der Waals surface area contributed by atoms with Crippen LogP contribution >= 0.6 is 0 Å². The second-order valence-corrected chi connectivity index (χ2v) is 2.76. The Hall–Kier alpha value is -0.700. The first-order valence-electron chi connectivity index (χ1n) is 3.85. The highest BCUT2D eigenvalue weighted by Crippen LogP contribution is 2.05. The van der Waals surface area contributed by atoms with Gasteiger partial charge in [-0.15, -0.1) is 0 Å². The van der Waals surface area contributed by atoms with Gasteiger partial charge >= 0.3 is 0 Å². The van der Waals surface area contributed by atoms with Crippen LogP contribution in [0.1, 0.15) is 26.7 Å². The van der Waals surface area contributed by atoms with Crippen molar-refractivity contribution in [1.82, 2.24) is 0 Å². The van der Waals surface area contributed by atoms with E-state index in [0.29, 0.717) is 6.42 Å². The lowest BCUT2D eigenvalue weighted by Gasteiger charge is -2.07. The lowest BCUT2D eigenvalue weighted by molar-refractivity contribution is -0.123. The molecule has 0 aliphatic rings. The van der Waals surface area contributed by atoms with E-state index >= 15 is 0 Å². The van der Waals surface area contributed by atoms with E-state index in [4.69, 9.17) is 5.73 Å². The van der Waals surface area contributed by atoms with E-state index in [1.807, 2.05) is 6.92 Å². The normalized spacial score (nSPS) is 15.5. The number of carbonyl (C=O) groups is 2. The molecule has 0 aromatic heterocycles. The molecule has 64 valence electrons. The smallest absolute Gasteiger partial charge is 0.149 e. The van der Waals surface area contributed by atoms with Crippen LogP contribution in [0.15, 0.2) is 0 Å². The molecule has 3 heteroatoms. The van der Waals surface area contributed by atoms with Crippen molar-refractivity contribution >= 4 is 12.1 Å². The van der Waals surface area contributed by atoms with Crippen molar-refractivity contribution < 1.29 is 9.59 Å². The molecule has 0 rings (SSSR count). The van der Waals surface area contributed by atoms with Crippen molar-refractivity contribution in [1.29, 1.82) is 0 Å². The van der Waals surface area contributed by atoms with Crippen LogP contribution in [0.4, 0.5) is 0 Å². The molecule has 11 heavy (non-hydrogen) atoms. The summed E-state index contributed by atoms with van der Waals surface area (Å²) in [6.07, 6.45) is 1.82. The molecule has 3 nitrogen and oxygen atoms in total. The summed E-state index contributed by atoms with van der Waals surface area (Å²) >= 11 is 0. The van der Waals surface area contributed by atoms with Crippen LogP contribution in [0.3, 0.4) is 0 Å². The first kappa shape index (κ1) is 10.3. The fourth-order valence-corrected chi connectivity index (χ4v) is 0.733. The molecule has 0 spiro atoms. The standard InChI is InChI=1S/C8H15NO2/c1-3-7(5-10)4-8(11)6(2)9/h5-7H,3-4,9H2,1-2H3/t6?,7-/m1/s1. The van der Waals surface area contributed by atoms with Crippen molar-refractivity contribution in [2.75, 3.05) is 0 Å². The minimum absolute atomic E-state index is 0.0380. The Morgan fingerprint density at radius 3 is 2.45 bits per heavy atom. The summed E-state index contributed by atoms with van der Waals surface area (Å²) in [5, 5.41) is 0. The summed E-state index contributed by atoms with van der Waals surface area (Å²) in [6, 6.07) is -0.441. The summed E-state index contributed by atoms with van der Waals surface area (Å²) < 4.78 is 0. The van der Waals surface area contributed by atoms with Gasteiger partial charge in [-0.25, -0.2) is 0 Å². The Balaban J connectivity index is 3.81. The summed E-state index contributed by atoms with van der Waals surface area (Å²) in [6.45, 7) is 3.52. The Labute approximate surface area is 67.0 Å². The highest BCUT2D eigenvalue weighted by atomic mass is 16.1. The van der Waals surface area contributed by atoms with Gasteiger partial charge in [0.2, 0.25) is 0 Å². The molecule has 0 amide bonds. The molecule has 0 radical (unpaired) electrons. The topological polar surface area (TPSA) is 60.2 Å². The van der Waals surface area contributed by atoms with Gasteiger partial charge < -0.3 is 10.5 Å². The number of hydrogen-bond acceptors (Lipinski definition) is 3. The maximum atomic E-state index is 11.0. The highest BCUT2D eigenvalue weighted by molar-refractivity contribution is 5.85. The number of carbonyl (C=O) groups excluding carboxylic acids is 2. The molecule has 0 aromatic rings. The molecular formula is C8H15NO2. The van der Waals surface area contributed by atoms with E-state index in [9.17, 15) is 9.59 Å². The third kappa shape index (κ3) is 3.88. The van der Waals surface area contributed by atoms with Crippen molar-refractivity contribution in [3.63, 3.8) is 0 Å². The van der Waals surface area contributed by atoms with Gasteiger partial charge in [0.25, 0.3) is 0 Å². The predicted molar refractivity (Wildman–Crippen MR) is 43.1 cm³/mol. The third-order valence-electron chi connectivity index (χ3n) is 1.69. The average molecular weight is 157 g/mol. The van der Waals surface area contributed by atoms with Crippen LogP contribution in [0, 0.1) is 5.92 Å². The first-order chi connectivity index (χ1) is 5.11. The summed E-state index contributed by atoms with van der Waals surface area (Å²) in [5.74, 6) is -0.183. The van der Waals surface area contributed by atoms with E-state index in [1.165, 1.54) is 0 Å². The van der Waals surface area contributed by atoms with Gasteiger partial charge in [-0.05, 0) is 13.3 Å². The van der Waals surface area contributed by atoms with Crippen LogP contribution in [-0.2, 0) is 9.59 Å². The number of rotatable bonds is 5. The van der Waals surface area contributed by atoms with Gasteiger partial charge in [0.1, 0.15) is 12.1 Å². The second-order valence-electron chi connectivity index (χ2n) is 2.76. The molecule has 0 aromatic carbocycles. The van der Waals surface area contributed by atoms with Crippen molar-refractivity contribution in [2.24, 2.45) is 11.7 Å². The third-order valence-corrected chi connectivity index (χ3v) is 1.69. The number of aldehydes is 1. The monoisotopic (exact) mass is 157 g/mol. The van der Waals surface area contributed by atoms with Gasteiger partial charge in [-0.1, -0.05) is 6.92 Å². The van der Waals surface area contributed by atoms with Crippen molar-refractivity contribution in [2.45, 2.75) is 32.7 Å². The quantitative estimate of drug-likeness (QED) is 0.592. The van der Waals surface area contributed by atoms with Gasteiger partial charge in [-0.2, -0.15) is 0 Å². The van der Waals surface area contributed by atoms with E-state index in [0.717, 1.165) is 6.29 Å². The molecule has 0 heterocycles. The van der Waals surface area contributed by atoms with E-state index in [2.05, 4.69) is 0 Å². The molecule has 0 bridgehead atoms. The maximum Gasteiger partial charge on any atom is 0.149 e. The fraction of sp³-hybridized carbons (Fsp3) is 0.750. The molecule has 0 aliphatic heterocycles. The van der Waals surface area contributed by atoms with Crippen molar-refractivity contribution in [3.8, 4) is 0 Å². The molecule has 0 saturated heterocycles. The number of ketones is 1. The first-order valence-corrected chi connectivity index (χ1v) is 3.85. The predicted octanol–water partition coefficient (Wildman–Crippen LogP) is 0.518. The molecule has 0 fully saturated rings. The second kappa shape index (κ2) is 5.02. The summed E-state index contributed by atoms with van der Waals surface area (Å²) in [7, 11) is 0. The van der Waals surface area contributed by atoms with E-state index in [1.54, 1.807) is 6.92 Å². The lowest BCUT2D eigenvalue weighted by atomic mass is 9.99. The minimum atomic E-state index is -0.441. The zero-order valence-electron chi connectivity index (χ0n) is 7.04. The van der Waals surface area contributed by atoms with Crippen LogP contribution in [-0.4, -0.2) is 18.1 Å². The average Bonchev–Trinajstić information content (AvgIpc) is 1.99. The number of hydrogen-bond donors (Lipinski definition) is 1. The largest absolute Gasteiger partial charge is 0.322 e. The Bertz CT molecular complexity index is 143. The number of Topliss-reactive ketones (excluding diaryl/α,β-unsaturated/α-hetero) is 1. The Kier molecular flexibility index (Phi) is 4.70. The van der Waals surface area contributed by atoms with Crippen LogP contribution < -0.4 is 5.73 Å². The molecule has 0 aliphatic carbocycles. The minimum Gasteiger partial charge on any atom is -0.322 e. The van der Waals surface area contributed by atoms with Crippen molar-refractivity contribution in [3.05, 3.63) is 0 Å². The van der Waals surface area contributed by atoms with Crippen LogP contribution in [0.5, 0.6) is 0 Å². The van der Waals surface area contributed by atoms with Gasteiger partial charge in [0.15, 0.2) is 0 Å². The van der Waals surface area contributed by atoms with E-state index < -0.39 is 6.04 Å². The van der Waals surface area contributed by atoms with E-state index in [-0.39, 0.29) is 18.1 Å².